The highest BCUT2D eigenvalue weighted by atomic mass is 16.6. The van der Waals surface area contributed by atoms with Crippen molar-refractivity contribution in [1.82, 2.24) is 4.90 Å². The lowest BCUT2D eigenvalue weighted by Crippen LogP contribution is -1.99. The van der Waals surface area contributed by atoms with Crippen molar-refractivity contribution >= 4 is 5.69 Å². The molecule has 2 atom stereocenters. The van der Waals surface area contributed by atoms with Crippen molar-refractivity contribution in [3.8, 4) is 11.1 Å². The van der Waals surface area contributed by atoms with Gasteiger partial charge in [0.2, 0.25) is 0 Å². The molecule has 1 fully saturated rings. The summed E-state index contributed by atoms with van der Waals surface area (Å²) < 4.78 is 0. The molecule has 1 aliphatic carbocycles. The van der Waals surface area contributed by atoms with Gasteiger partial charge in [0, 0.05) is 18.7 Å². The van der Waals surface area contributed by atoms with Crippen molar-refractivity contribution in [1.29, 1.82) is 0 Å². The van der Waals surface area contributed by atoms with Gasteiger partial charge < -0.3 is 0 Å². The molecule has 0 saturated carbocycles. The molecule has 3 aromatic rings. The lowest BCUT2D eigenvalue weighted by molar-refractivity contribution is -0.384. The molecule has 5 rings (SSSR count). The minimum Gasteiger partial charge on any atom is -0.281 e. The van der Waals surface area contributed by atoms with E-state index >= 15 is 0 Å². The number of benzene rings is 3. The number of nitro benzene ring substituents is 1. The first-order valence-corrected chi connectivity index (χ1v) is 8.41. The van der Waals surface area contributed by atoms with Crippen LogP contribution in [0.3, 0.4) is 0 Å². The second-order valence-electron chi connectivity index (χ2n) is 6.66. The van der Waals surface area contributed by atoms with Crippen LogP contribution in [-0.4, -0.2) is 9.82 Å². The lowest BCUT2D eigenvalue weighted by Gasteiger charge is -2.16. The van der Waals surface area contributed by atoms with Crippen LogP contribution in [0.25, 0.3) is 11.1 Å². The fraction of sp³-hybridized carbons (Fsp3) is 0.143. The smallest absolute Gasteiger partial charge is 0.269 e. The third kappa shape index (κ3) is 2.18. The van der Waals surface area contributed by atoms with Crippen LogP contribution in [0.15, 0.2) is 72.8 Å². The molecule has 2 unspecified atom stereocenters. The first-order valence-electron chi connectivity index (χ1n) is 8.41. The SMILES string of the molecule is O=[N+]([O-])c1ccc(CN2C3c4ccccc4-c4ccccc4C32)cc1. The van der Waals surface area contributed by atoms with Gasteiger partial charge in [0.25, 0.3) is 5.69 Å². The normalized spacial score (nSPS) is 22.5. The molecule has 1 heterocycles. The average Bonchev–Trinajstić information content (AvgIpc) is 3.37. The van der Waals surface area contributed by atoms with E-state index in [1.54, 1.807) is 12.1 Å². The van der Waals surface area contributed by atoms with Gasteiger partial charge in [-0.1, -0.05) is 60.7 Å². The monoisotopic (exact) mass is 328 g/mol. The Bertz CT molecular complexity index is 930. The summed E-state index contributed by atoms with van der Waals surface area (Å²) in [6.07, 6.45) is 0. The highest BCUT2D eigenvalue weighted by Gasteiger charge is 2.53. The fourth-order valence-electron chi connectivity index (χ4n) is 4.10. The second kappa shape index (κ2) is 5.26. The number of rotatable bonds is 3. The number of fused-ring (bicyclic) bond motifs is 6. The molecule has 25 heavy (non-hydrogen) atoms. The van der Waals surface area contributed by atoms with Crippen LogP contribution in [-0.2, 0) is 6.54 Å². The minimum atomic E-state index is -0.354. The molecule has 1 saturated heterocycles. The van der Waals surface area contributed by atoms with Crippen LogP contribution < -0.4 is 0 Å². The highest BCUT2D eigenvalue weighted by Crippen LogP contribution is 2.62. The van der Waals surface area contributed by atoms with E-state index in [2.05, 4.69) is 53.4 Å². The van der Waals surface area contributed by atoms with E-state index in [-0.39, 0.29) is 10.6 Å². The summed E-state index contributed by atoms with van der Waals surface area (Å²) in [7, 11) is 0. The Hall–Kier alpha value is -2.98. The molecule has 4 nitrogen and oxygen atoms in total. The number of hydrogen-bond donors (Lipinski definition) is 0. The Balaban J connectivity index is 1.50. The number of hydrogen-bond acceptors (Lipinski definition) is 3. The molecule has 0 amide bonds. The van der Waals surface area contributed by atoms with E-state index < -0.39 is 0 Å². The Morgan fingerprint density at radius 2 is 1.32 bits per heavy atom. The molecular weight excluding hydrogens is 312 g/mol. The van der Waals surface area contributed by atoms with Gasteiger partial charge >= 0.3 is 0 Å². The van der Waals surface area contributed by atoms with Crippen molar-refractivity contribution in [2.75, 3.05) is 0 Å². The summed E-state index contributed by atoms with van der Waals surface area (Å²) >= 11 is 0. The zero-order chi connectivity index (χ0) is 17.0. The average molecular weight is 328 g/mol. The zero-order valence-corrected chi connectivity index (χ0v) is 13.5. The lowest BCUT2D eigenvalue weighted by atomic mass is 9.86. The van der Waals surface area contributed by atoms with Gasteiger partial charge in [-0.15, -0.1) is 0 Å². The van der Waals surface area contributed by atoms with Crippen molar-refractivity contribution < 1.29 is 4.92 Å². The standard InChI is InChI=1S/C21H16N2O2/c24-23(25)15-11-9-14(10-12-15)13-22-20-18-7-3-1-5-16(18)17-6-2-4-8-19(17)21(20)22/h1-12,20-21H,13H2. The third-order valence-corrected chi connectivity index (χ3v) is 5.29. The summed E-state index contributed by atoms with van der Waals surface area (Å²) in [5.74, 6) is 0. The third-order valence-electron chi connectivity index (χ3n) is 5.29. The van der Waals surface area contributed by atoms with Gasteiger partial charge in [-0.25, -0.2) is 0 Å². The topological polar surface area (TPSA) is 46.1 Å². The molecule has 3 aromatic carbocycles. The Morgan fingerprint density at radius 1 is 0.800 bits per heavy atom. The van der Waals surface area contributed by atoms with Crippen molar-refractivity contribution in [3.63, 3.8) is 0 Å². The van der Waals surface area contributed by atoms with Crippen LogP contribution in [0.1, 0.15) is 28.8 Å². The molecule has 122 valence electrons. The summed E-state index contributed by atoms with van der Waals surface area (Å²) in [4.78, 5) is 12.9. The maximum Gasteiger partial charge on any atom is 0.269 e. The summed E-state index contributed by atoms with van der Waals surface area (Å²) in [6.45, 7) is 0.802. The second-order valence-corrected chi connectivity index (χ2v) is 6.66. The largest absolute Gasteiger partial charge is 0.281 e. The first-order chi connectivity index (χ1) is 12.2. The molecule has 1 aliphatic heterocycles. The van der Waals surface area contributed by atoms with Crippen LogP contribution >= 0.6 is 0 Å². The van der Waals surface area contributed by atoms with Crippen molar-refractivity contribution in [2.24, 2.45) is 0 Å². The van der Waals surface area contributed by atoms with Crippen LogP contribution in [0, 0.1) is 10.1 Å². The summed E-state index contributed by atoms with van der Waals surface area (Å²) in [5.41, 5.74) is 6.66. The molecule has 0 spiro atoms. The molecule has 0 N–H and O–H groups in total. The van der Waals surface area contributed by atoms with Crippen LogP contribution in [0.2, 0.25) is 0 Å². The highest BCUT2D eigenvalue weighted by molar-refractivity contribution is 5.76. The maximum atomic E-state index is 10.8. The predicted octanol–water partition coefficient (Wildman–Crippen LogP) is 4.87. The Kier molecular flexibility index (Phi) is 3.02. The molecule has 0 radical (unpaired) electrons. The molecule has 4 heteroatoms. The summed E-state index contributed by atoms with van der Waals surface area (Å²) in [5, 5.41) is 10.8. The number of non-ortho nitro benzene ring substituents is 1. The molecule has 0 bridgehead atoms. The van der Waals surface area contributed by atoms with Crippen molar-refractivity contribution in [2.45, 2.75) is 18.6 Å². The number of nitro groups is 1. The van der Waals surface area contributed by atoms with Gasteiger partial charge in [0.05, 0.1) is 17.0 Å². The first kappa shape index (κ1) is 14.4. The van der Waals surface area contributed by atoms with Gasteiger partial charge in [0.15, 0.2) is 0 Å². The number of nitrogens with zero attached hydrogens (tertiary/aromatic N) is 2. The van der Waals surface area contributed by atoms with Crippen LogP contribution in [0.4, 0.5) is 5.69 Å². The van der Waals surface area contributed by atoms with E-state index in [0.29, 0.717) is 12.1 Å². The quantitative estimate of drug-likeness (QED) is 0.391. The molecule has 0 aromatic heterocycles. The van der Waals surface area contributed by atoms with E-state index in [1.165, 1.54) is 22.3 Å². The van der Waals surface area contributed by atoms with E-state index in [9.17, 15) is 10.1 Å². The van der Waals surface area contributed by atoms with E-state index in [4.69, 9.17) is 0 Å². The van der Waals surface area contributed by atoms with Gasteiger partial charge in [-0.05, 0) is 27.8 Å². The van der Waals surface area contributed by atoms with Gasteiger partial charge in [-0.3, -0.25) is 15.0 Å². The zero-order valence-electron chi connectivity index (χ0n) is 13.5. The van der Waals surface area contributed by atoms with E-state index in [1.807, 2.05) is 12.1 Å². The molecule has 2 aliphatic rings. The van der Waals surface area contributed by atoms with Crippen LogP contribution in [0.5, 0.6) is 0 Å². The van der Waals surface area contributed by atoms with Crippen molar-refractivity contribution in [3.05, 3.63) is 99.6 Å². The minimum absolute atomic E-state index is 0.141. The maximum absolute atomic E-state index is 10.8. The fourth-order valence-corrected chi connectivity index (χ4v) is 4.10. The molecular formula is C21H16N2O2. The van der Waals surface area contributed by atoms with Gasteiger partial charge in [-0.2, -0.15) is 0 Å². The Labute approximate surface area is 145 Å². The Morgan fingerprint density at radius 3 is 1.84 bits per heavy atom. The van der Waals surface area contributed by atoms with E-state index in [0.717, 1.165) is 12.1 Å². The summed E-state index contributed by atoms with van der Waals surface area (Å²) in [6, 6.07) is 24.9. The van der Waals surface area contributed by atoms with Gasteiger partial charge in [0.1, 0.15) is 0 Å². The predicted molar refractivity (Wildman–Crippen MR) is 96.0 cm³/mol.